The van der Waals surface area contributed by atoms with E-state index in [2.05, 4.69) is 21.2 Å². The summed E-state index contributed by atoms with van der Waals surface area (Å²) >= 11 is 3.43. The molecule has 2 rings (SSSR count). The van der Waals surface area contributed by atoms with E-state index in [1.807, 2.05) is 75.4 Å². The number of alkyl carbamates (subject to hydrolysis) is 1. The van der Waals surface area contributed by atoms with E-state index < -0.39 is 11.7 Å². The summed E-state index contributed by atoms with van der Waals surface area (Å²) in [6, 6.07) is 17.5. The number of ether oxygens (including phenoxy) is 1. The topological polar surface area (TPSA) is 38.3 Å². The van der Waals surface area contributed by atoms with Gasteiger partial charge in [-0.2, -0.15) is 0 Å². The zero-order valence-electron chi connectivity index (χ0n) is 13.0. The van der Waals surface area contributed by atoms with E-state index in [0.29, 0.717) is 0 Å². The molecule has 1 N–H and O–H groups in total. The van der Waals surface area contributed by atoms with Crippen molar-refractivity contribution in [3.63, 3.8) is 0 Å². The Morgan fingerprint density at radius 2 is 1.55 bits per heavy atom. The quantitative estimate of drug-likeness (QED) is 0.829. The summed E-state index contributed by atoms with van der Waals surface area (Å²) in [6.45, 7) is 5.55. The molecule has 1 atom stereocenters. The van der Waals surface area contributed by atoms with E-state index in [9.17, 15) is 4.79 Å². The first-order valence-electron chi connectivity index (χ1n) is 7.15. The Balaban J connectivity index is 2.26. The molecule has 0 aliphatic carbocycles. The fourth-order valence-corrected chi connectivity index (χ4v) is 2.35. The molecule has 0 saturated heterocycles. The molecule has 0 saturated carbocycles. The molecule has 0 bridgehead atoms. The van der Waals surface area contributed by atoms with Gasteiger partial charge in [-0.25, -0.2) is 4.79 Å². The number of nitrogens with one attached hydrogen (secondary N) is 1. The van der Waals surface area contributed by atoms with Crippen LogP contribution in [0.5, 0.6) is 0 Å². The van der Waals surface area contributed by atoms with Crippen LogP contribution in [0.25, 0.3) is 0 Å². The predicted octanol–water partition coefficient (Wildman–Crippen LogP) is 5.06. The highest BCUT2D eigenvalue weighted by Crippen LogP contribution is 2.24. The van der Waals surface area contributed by atoms with Gasteiger partial charge in [0, 0.05) is 4.47 Å². The molecule has 2 aromatic carbocycles. The van der Waals surface area contributed by atoms with Crippen molar-refractivity contribution in [2.45, 2.75) is 32.4 Å². The van der Waals surface area contributed by atoms with Crippen molar-refractivity contribution in [3.05, 3.63) is 70.2 Å². The largest absolute Gasteiger partial charge is 0.444 e. The molecule has 1 amide bonds. The lowest BCUT2D eigenvalue weighted by Crippen LogP contribution is -2.35. The van der Waals surface area contributed by atoms with Gasteiger partial charge in [0.25, 0.3) is 0 Å². The summed E-state index contributed by atoms with van der Waals surface area (Å²) in [5.41, 5.74) is 1.49. The van der Waals surface area contributed by atoms with E-state index in [4.69, 9.17) is 4.74 Å². The van der Waals surface area contributed by atoms with Gasteiger partial charge >= 0.3 is 6.09 Å². The molecule has 1 unspecified atom stereocenters. The fraction of sp³-hybridized carbons (Fsp3) is 0.278. The molecule has 0 radical (unpaired) electrons. The summed E-state index contributed by atoms with van der Waals surface area (Å²) in [4.78, 5) is 12.1. The second-order valence-corrected chi connectivity index (χ2v) is 6.96. The van der Waals surface area contributed by atoms with Crippen molar-refractivity contribution in [2.24, 2.45) is 0 Å². The molecule has 22 heavy (non-hydrogen) atoms. The maximum Gasteiger partial charge on any atom is 0.408 e. The van der Waals surface area contributed by atoms with Crippen LogP contribution in [0.1, 0.15) is 37.9 Å². The van der Waals surface area contributed by atoms with Gasteiger partial charge in [-0.3, -0.25) is 0 Å². The van der Waals surface area contributed by atoms with Crippen molar-refractivity contribution >= 4 is 22.0 Å². The van der Waals surface area contributed by atoms with Gasteiger partial charge in [-0.1, -0.05) is 58.4 Å². The normalized spacial score (nSPS) is 12.5. The van der Waals surface area contributed by atoms with Gasteiger partial charge in [-0.15, -0.1) is 0 Å². The number of benzene rings is 2. The third-order valence-electron chi connectivity index (χ3n) is 3.00. The van der Waals surface area contributed by atoms with E-state index in [1.54, 1.807) is 0 Å². The van der Waals surface area contributed by atoms with Crippen molar-refractivity contribution in [3.8, 4) is 0 Å². The Hall–Kier alpha value is -1.81. The van der Waals surface area contributed by atoms with E-state index in [0.717, 1.165) is 15.6 Å². The SMILES string of the molecule is CC(C)(C)OC(=O)NC(c1ccccc1)c1ccc(Br)cc1. The Morgan fingerprint density at radius 3 is 2.09 bits per heavy atom. The lowest BCUT2D eigenvalue weighted by Gasteiger charge is -2.24. The lowest BCUT2D eigenvalue weighted by molar-refractivity contribution is 0.0512. The highest BCUT2D eigenvalue weighted by Gasteiger charge is 2.21. The predicted molar refractivity (Wildman–Crippen MR) is 91.8 cm³/mol. The van der Waals surface area contributed by atoms with Crippen LogP contribution in [0.2, 0.25) is 0 Å². The van der Waals surface area contributed by atoms with E-state index in [-0.39, 0.29) is 6.04 Å². The third kappa shape index (κ3) is 4.88. The molecule has 0 heterocycles. The van der Waals surface area contributed by atoms with Crippen molar-refractivity contribution in [1.29, 1.82) is 0 Å². The first kappa shape index (κ1) is 16.6. The Kier molecular flexibility index (Phi) is 5.24. The number of carbonyl (C=O) groups excluding carboxylic acids is 1. The Labute approximate surface area is 139 Å². The van der Waals surface area contributed by atoms with Crippen molar-refractivity contribution in [1.82, 2.24) is 5.32 Å². The van der Waals surface area contributed by atoms with Gasteiger partial charge in [0.2, 0.25) is 0 Å². The van der Waals surface area contributed by atoms with Crippen LogP contribution in [0, 0.1) is 0 Å². The first-order valence-corrected chi connectivity index (χ1v) is 7.94. The molecular formula is C18H20BrNO2. The highest BCUT2D eigenvalue weighted by molar-refractivity contribution is 9.10. The van der Waals surface area contributed by atoms with Crippen LogP contribution >= 0.6 is 15.9 Å². The zero-order chi connectivity index (χ0) is 16.2. The van der Waals surface area contributed by atoms with Gasteiger partial charge < -0.3 is 10.1 Å². The second kappa shape index (κ2) is 6.97. The molecule has 3 nitrogen and oxygen atoms in total. The lowest BCUT2D eigenvalue weighted by atomic mass is 9.99. The number of amides is 1. The van der Waals surface area contributed by atoms with Crippen molar-refractivity contribution < 1.29 is 9.53 Å². The molecule has 4 heteroatoms. The van der Waals surface area contributed by atoms with Crippen LogP contribution in [0.4, 0.5) is 4.79 Å². The number of halogens is 1. The standard InChI is InChI=1S/C18H20BrNO2/c1-18(2,3)22-17(21)20-16(13-7-5-4-6-8-13)14-9-11-15(19)12-10-14/h4-12,16H,1-3H3,(H,20,21). The number of hydrogen-bond donors (Lipinski definition) is 1. The average Bonchev–Trinajstić information content (AvgIpc) is 2.45. The minimum Gasteiger partial charge on any atom is -0.444 e. The molecule has 2 aromatic rings. The van der Waals surface area contributed by atoms with Gasteiger partial charge in [0.1, 0.15) is 5.60 Å². The molecule has 0 aliphatic heterocycles. The summed E-state index contributed by atoms with van der Waals surface area (Å²) in [5.74, 6) is 0. The number of hydrogen-bond acceptors (Lipinski definition) is 2. The Morgan fingerprint density at radius 1 is 1.00 bits per heavy atom. The molecular weight excluding hydrogens is 342 g/mol. The van der Waals surface area contributed by atoms with E-state index >= 15 is 0 Å². The highest BCUT2D eigenvalue weighted by atomic mass is 79.9. The smallest absolute Gasteiger partial charge is 0.408 e. The summed E-state index contributed by atoms with van der Waals surface area (Å²) < 4.78 is 6.38. The maximum absolute atomic E-state index is 12.1. The molecule has 0 fully saturated rings. The van der Waals surface area contributed by atoms with Crippen LogP contribution < -0.4 is 5.32 Å². The monoisotopic (exact) mass is 361 g/mol. The molecule has 0 aliphatic rings. The second-order valence-electron chi connectivity index (χ2n) is 6.04. The summed E-state index contributed by atoms with van der Waals surface area (Å²) in [7, 11) is 0. The minimum atomic E-state index is -0.523. The molecule has 116 valence electrons. The van der Waals surface area contributed by atoms with Gasteiger partial charge in [0.05, 0.1) is 6.04 Å². The first-order chi connectivity index (χ1) is 10.3. The van der Waals surface area contributed by atoms with Crippen LogP contribution in [-0.4, -0.2) is 11.7 Å². The summed E-state index contributed by atoms with van der Waals surface area (Å²) in [5, 5.41) is 2.95. The third-order valence-corrected chi connectivity index (χ3v) is 3.53. The average molecular weight is 362 g/mol. The maximum atomic E-state index is 12.1. The van der Waals surface area contributed by atoms with Crippen molar-refractivity contribution in [2.75, 3.05) is 0 Å². The molecule has 0 spiro atoms. The number of rotatable bonds is 3. The zero-order valence-corrected chi connectivity index (χ0v) is 14.6. The van der Waals surface area contributed by atoms with Crippen LogP contribution in [-0.2, 0) is 4.74 Å². The van der Waals surface area contributed by atoms with Crippen LogP contribution in [0.15, 0.2) is 59.1 Å². The van der Waals surface area contributed by atoms with Gasteiger partial charge in [0.15, 0.2) is 0 Å². The summed E-state index contributed by atoms with van der Waals surface area (Å²) in [6.07, 6.45) is -0.427. The fourth-order valence-electron chi connectivity index (χ4n) is 2.09. The van der Waals surface area contributed by atoms with Crippen LogP contribution in [0.3, 0.4) is 0 Å². The number of carbonyl (C=O) groups is 1. The molecule has 0 aromatic heterocycles. The minimum absolute atomic E-state index is 0.246. The Bertz CT molecular complexity index is 618. The van der Waals surface area contributed by atoms with Gasteiger partial charge in [-0.05, 0) is 44.0 Å². The van der Waals surface area contributed by atoms with E-state index in [1.165, 1.54) is 0 Å².